The van der Waals surface area contributed by atoms with Crippen molar-refractivity contribution in [2.75, 3.05) is 13.2 Å². The molecule has 184 valence electrons. The molecule has 7 nitrogen and oxygen atoms in total. The normalized spacial score (nSPS) is 25.6. The third-order valence-electron chi connectivity index (χ3n) is 7.96. The van der Waals surface area contributed by atoms with Crippen LogP contribution in [-0.2, 0) is 14.3 Å². The van der Waals surface area contributed by atoms with Gasteiger partial charge in [-0.3, -0.25) is 9.59 Å². The topological polar surface area (TPSA) is 95.9 Å². The molecular formula is C28H32N2O5. The second-order valence-corrected chi connectivity index (χ2v) is 10.1. The van der Waals surface area contributed by atoms with E-state index in [1.54, 1.807) is 0 Å². The van der Waals surface area contributed by atoms with Crippen molar-refractivity contribution in [2.45, 2.75) is 57.0 Å². The number of carboxylic acids is 1. The summed E-state index contributed by atoms with van der Waals surface area (Å²) < 4.78 is 5.66. The molecule has 2 N–H and O–H groups in total. The minimum Gasteiger partial charge on any atom is -0.481 e. The summed E-state index contributed by atoms with van der Waals surface area (Å²) in [6.07, 6.45) is 2.60. The van der Waals surface area contributed by atoms with Crippen molar-refractivity contribution >= 4 is 18.0 Å². The minimum atomic E-state index is -0.780. The Labute approximate surface area is 205 Å². The lowest BCUT2D eigenvalue weighted by Crippen LogP contribution is -2.48. The molecule has 3 aliphatic rings. The molecule has 1 heterocycles. The SMILES string of the molecule is CC1CC(C(=O)O)CCN1C(=O)C1CCC(NC(=O)OCC2c3ccccc3-c3ccccc32)C1. The standard InChI is InChI=1S/C28H32N2O5/c1-17-14-19(27(32)33)12-13-30(17)26(31)18-10-11-20(15-18)29-28(34)35-16-25-23-8-4-2-6-21(23)22-7-3-5-9-24(22)25/h2-9,17-20,25H,10-16H2,1H3,(H,29,34)(H,32,33). The van der Waals surface area contributed by atoms with Gasteiger partial charge < -0.3 is 20.1 Å². The number of piperidine rings is 1. The van der Waals surface area contributed by atoms with E-state index < -0.39 is 12.1 Å². The van der Waals surface area contributed by atoms with Crippen LogP contribution in [0.4, 0.5) is 4.79 Å². The van der Waals surface area contributed by atoms with Gasteiger partial charge in [0.05, 0.1) is 5.92 Å². The highest BCUT2D eigenvalue weighted by atomic mass is 16.5. The maximum atomic E-state index is 13.1. The Bertz CT molecular complexity index is 1090. The molecule has 35 heavy (non-hydrogen) atoms. The largest absolute Gasteiger partial charge is 0.481 e. The van der Waals surface area contributed by atoms with Crippen LogP contribution in [0.2, 0.25) is 0 Å². The molecule has 2 fully saturated rings. The lowest BCUT2D eigenvalue weighted by molar-refractivity contribution is -0.148. The molecule has 2 aromatic rings. The van der Waals surface area contributed by atoms with Gasteiger partial charge in [0, 0.05) is 30.5 Å². The number of amides is 2. The number of fused-ring (bicyclic) bond motifs is 3. The number of hydrogen-bond donors (Lipinski definition) is 2. The van der Waals surface area contributed by atoms with Gasteiger partial charge in [-0.05, 0) is 61.3 Å². The molecule has 0 bridgehead atoms. The van der Waals surface area contributed by atoms with E-state index in [2.05, 4.69) is 29.6 Å². The number of nitrogens with zero attached hydrogens (tertiary/aromatic N) is 1. The molecule has 1 aliphatic heterocycles. The van der Waals surface area contributed by atoms with Gasteiger partial charge in [0.25, 0.3) is 0 Å². The van der Waals surface area contributed by atoms with Crippen LogP contribution < -0.4 is 5.32 Å². The van der Waals surface area contributed by atoms with Crippen molar-refractivity contribution in [3.05, 3.63) is 59.7 Å². The highest BCUT2D eigenvalue weighted by Gasteiger charge is 2.38. The number of carboxylic acid groups (broad SMARTS) is 1. The second kappa shape index (κ2) is 9.72. The smallest absolute Gasteiger partial charge is 0.407 e. The Morgan fingerprint density at radius 3 is 2.23 bits per heavy atom. The highest BCUT2D eigenvalue weighted by molar-refractivity contribution is 5.81. The number of rotatable bonds is 5. The van der Waals surface area contributed by atoms with Crippen LogP contribution in [0.15, 0.2) is 48.5 Å². The first-order valence-corrected chi connectivity index (χ1v) is 12.6. The van der Waals surface area contributed by atoms with Gasteiger partial charge in [0.15, 0.2) is 0 Å². The minimum absolute atomic E-state index is 0.0151. The maximum Gasteiger partial charge on any atom is 0.407 e. The van der Waals surface area contributed by atoms with Crippen LogP contribution in [0.5, 0.6) is 0 Å². The molecule has 4 atom stereocenters. The van der Waals surface area contributed by atoms with E-state index in [9.17, 15) is 19.5 Å². The van der Waals surface area contributed by atoms with Crippen LogP contribution in [-0.4, -0.2) is 53.2 Å². The van der Waals surface area contributed by atoms with E-state index in [4.69, 9.17) is 4.74 Å². The Hall–Kier alpha value is -3.35. The molecule has 1 saturated heterocycles. The lowest BCUT2D eigenvalue weighted by Gasteiger charge is -2.37. The average Bonchev–Trinajstić information content (AvgIpc) is 3.45. The summed E-state index contributed by atoms with van der Waals surface area (Å²) in [5, 5.41) is 12.2. The quantitative estimate of drug-likeness (QED) is 0.667. The number of carbonyl (C=O) groups is 3. The second-order valence-electron chi connectivity index (χ2n) is 10.1. The number of nitrogens with one attached hydrogen (secondary N) is 1. The predicted octanol–water partition coefficient (Wildman–Crippen LogP) is 4.41. The number of benzene rings is 2. The molecule has 0 aromatic heterocycles. The molecule has 1 saturated carbocycles. The summed E-state index contributed by atoms with van der Waals surface area (Å²) in [5.41, 5.74) is 4.73. The van der Waals surface area contributed by atoms with Crippen LogP contribution in [0.25, 0.3) is 11.1 Å². The Morgan fingerprint density at radius 2 is 1.60 bits per heavy atom. The number of ether oxygens (including phenoxy) is 1. The first kappa shape index (κ1) is 23.4. The summed E-state index contributed by atoms with van der Waals surface area (Å²) in [4.78, 5) is 38.8. The molecule has 2 aromatic carbocycles. The van der Waals surface area contributed by atoms with Crippen molar-refractivity contribution < 1.29 is 24.2 Å². The van der Waals surface area contributed by atoms with Crippen LogP contribution >= 0.6 is 0 Å². The lowest BCUT2D eigenvalue weighted by atomic mass is 9.90. The first-order valence-electron chi connectivity index (χ1n) is 12.6. The van der Waals surface area contributed by atoms with Gasteiger partial charge in [-0.2, -0.15) is 0 Å². The summed E-state index contributed by atoms with van der Waals surface area (Å²) in [5.74, 6) is -1.20. The van der Waals surface area contributed by atoms with Crippen molar-refractivity contribution in [3.8, 4) is 11.1 Å². The van der Waals surface area contributed by atoms with E-state index in [1.807, 2.05) is 36.1 Å². The molecule has 5 rings (SSSR count). The van der Waals surface area contributed by atoms with Gasteiger partial charge in [-0.25, -0.2) is 4.79 Å². The molecule has 0 radical (unpaired) electrons. The number of carbonyl (C=O) groups excluding carboxylic acids is 2. The molecule has 2 amide bonds. The monoisotopic (exact) mass is 476 g/mol. The van der Waals surface area contributed by atoms with Gasteiger partial charge in [0.2, 0.25) is 5.91 Å². The van der Waals surface area contributed by atoms with E-state index in [-0.39, 0.29) is 42.4 Å². The first-order chi connectivity index (χ1) is 16.9. The summed E-state index contributed by atoms with van der Waals surface area (Å²) >= 11 is 0. The fraction of sp³-hybridized carbons (Fsp3) is 0.464. The van der Waals surface area contributed by atoms with E-state index in [0.717, 1.165) is 12.8 Å². The Morgan fingerprint density at radius 1 is 0.943 bits per heavy atom. The Kier molecular flexibility index (Phi) is 6.50. The average molecular weight is 477 g/mol. The fourth-order valence-electron chi connectivity index (χ4n) is 6.10. The zero-order chi connectivity index (χ0) is 24.5. The fourth-order valence-corrected chi connectivity index (χ4v) is 6.10. The van der Waals surface area contributed by atoms with Gasteiger partial charge >= 0.3 is 12.1 Å². The zero-order valence-corrected chi connectivity index (χ0v) is 20.0. The highest BCUT2D eigenvalue weighted by Crippen LogP contribution is 2.44. The maximum absolute atomic E-state index is 13.1. The number of likely N-dealkylation sites (tertiary alicyclic amines) is 1. The summed E-state index contributed by atoms with van der Waals surface area (Å²) in [7, 11) is 0. The number of aliphatic carboxylic acids is 1. The molecular weight excluding hydrogens is 444 g/mol. The van der Waals surface area contributed by atoms with Crippen molar-refractivity contribution in [1.29, 1.82) is 0 Å². The molecule has 7 heteroatoms. The van der Waals surface area contributed by atoms with E-state index in [1.165, 1.54) is 22.3 Å². The van der Waals surface area contributed by atoms with Crippen LogP contribution in [0.3, 0.4) is 0 Å². The Balaban J connectivity index is 1.13. The van der Waals surface area contributed by atoms with Crippen LogP contribution in [0, 0.1) is 11.8 Å². The van der Waals surface area contributed by atoms with Gasteiger partial charge in [0.1, 0.15) is 6.61 Å². The summed E-state index contributed by atoms with van der Waals surface area (Å²) in [6, 6.07) is 16.3. The van der Waals surface area contributed by atoms with Crippen molar-refractivity contribution in [3.63, 3.8) is 0 Å². The van der Waals surface area contributed by atoms with Gasteiger partial charge in [-0.1, -0.05) is 48.5 Å². The zero-order valence-electron chi connectivity index (χ0n) is 20.0. The van der Waals surface area contributed by atoms with Crippen LogP contribution in [0.1, 0.15) is 56.1 Å². The van der Waals surface area contributed by atoms with E-state index >= 15 is 0 Å². The molecule has 2 aliphatic carbocycles. The molecule has 0 spiro atoms. The third kappa shape index (κ3) is 4.64. The third-order valence-corrected chi connectivity index (χ3v) is 7.96. The number of hydrogen-bond acceptors (Lipinski definition) is 4. The molecule has 4 unspecified atom stereocenters. The number of alkyl carbamates (subject to hydrolysis) is 1. The van der Waals surface area contributed by atoms with Gasteiger partial charge in [-0.15, -0.1) is 0 Å². The van der Waals surface area contributed by atoms with Crippen molar-refractivity contribution in [1.82, 2.24) is 10.2 Å². The van der Waals surface area contributed by atoms with Crippen molar-refractivity contribution in [2.24, 2.45) is 11.8 Å². The predicted molar refractivity (Wildman–Crippen MR) is 131 cm³/mol. The van der Waals surface area contributed by atoms with E-state index in [0.29, 0.717) is 25.8 Å². The summed E-state index contributed by atoms with van der Waals surface area (Å²) in [6.45, 7) is 2.68.